The van der Waals surface area contributed by atoms with Gasteiger partial charge in [-0.25, -0.2) is 0 Å². The first kappa shape index (κ1) is 12.4. The predicted octanol–water partition coefficient (Wildman–Crippen LogP) is 2.95. The third-order valence-corrected chi connectivity index (χ3v) is 2.78. The number of amides is 1. The lowest BCUT2D eigenvalue weighted by Gasteiger charge is -2.13. The van der Waals surface area contributed by atoms with Gasteiger partial charge in [-0.15, -0.1) is 0 Å². The summed E-state index contributed by atoms with van der Waals surface area (Å²) in [4.78, 5) is 12.0. The second-order valence-corrected chi connectivity index (χ2v) is 4.58. The Labute approximate surface area is 107 Å². The van der Waals surface area contributed by atoms with E-state index in [9.17, 15) is 4.79 Å². The quantitative estimate of drug-likeness (QED) is 0.897. The van der Waals surface area contributed by atoms with Crippen LogP contribution in [0.2, 0.25) is 0 Å². The molecular formula is C15H17NO2. The number of carbonyl (C=O) groups is 1. The van der Waals surface area contributed by atoms with Gasteiger partial charge >= 0.3 is 0 Å². The molecule has 2 aromatic rings. The molecule has 0 saturated carbocycles. The van der Waals surface area contributed by atoms with E-state index in [0.29, 0.717) is 5.56 Å². The van der Waals surface area contributed by atoms with Crippen LogP contribution in [-0.2, 0) is 6.42 Å². The zero-order chi connectivity index (χ0) is 13.0. The summed E-state index contributed by atoms with van der Waals surface area (Å²) in [6, 6.07) is 9.58. The summed E-state index contributed by atoms with van der Waals surface area (Å²) in [6.07, 6.45) is 4.12. The molecule has 1 unspecified atom stereocenters. The Morgan fingerprint density at radius 2 is 2.22 bits per heavy atom. The van der Waals surface area contributed by atoms with Crippen molar-refractivity contribution in [2.24, 2.45) is 0 Å². The summed E-state index contributed by atoms with van der Waals surface area (Å²) in [6.45, 7) is 3.96. The average molecular weight is 243 g/mol. The summed E-state index contributed by atoms with van der Waals surface area (Å²) in [5.41, 5.74) is 2.88. The van der Waals surface area contributed by atoms with Crippen LogP contribution in [0.1, 0.15) is 28.4 Å². The van der Waals surface area contributed by atoms with Crippen LogP contribution in [0.25, 0.3) is 0 Å². The maximum absolute atomic E-state index is 12.0. The van der Waals surface area contributed by atoms with Gasteiger partial charge in [0.05, 0.1) is 12.5 Å². The maximum atomic E-state index is 12.0. The molecule has 2 rings (SSSR count). The number of aryl methyl sites for hydroxylation is 1. The lowest BCUT2D eigenvalue weighted by Crippen LogP contribution is -2.34. The van der Waals surface area contributed by atoms with Crippen LogP contribution >= 0.6 is 0 Å². The van der Waals surface area contributed by atoms with Crippen molar-refractivity contribution in [3.05, 3.63) is 59.5 Å². The normalized spacial score (nSPS) is 12.1. The Kier molecular flexibility index (Phi) is 3.82. The molecule has 0 fully saturated rings. The van der Waals surface area contributed by atoms with E-state index in [-0.39, 0.29) is 11.9 Å². The minimum atomic E-state index is -0.0327. The molecule has 0 aliphatic heterocycles. The number of hydrogen-bond donors (Lipinski definition) is 1. The molecule has 0 radical (unpaired) electrons. The van der Waals surface area contributed by atoms with Crippen molar-refractivity contribution < 1.29 is 9.21 Å². The minimum Gasteiger partial charge on any atom is -0.472 e. The van der Waals surface area contributed by atoms with Crippen molar-refractivity contribution in [1.82, 2.24) is 5.32 Å². The van der Waals surface area contributed by atoms with Crippen molar-refractivity contribution in [3.63, 3.8) is 0 Å². The molecular weight excluding hydrogens is 226 g/mol. The summed E-state index contributed by atoms with van der Waals surface area (Å²) in [5.74, 6) is -0.0327. The molecule has 0 bridgehead atoms. The number of hydrogen-bond acceptors (Lipinski definition) is 2. The van der Waals surface area contributed by atoms with Gasteiger partial charge < -0.3 is 9.73 Å². The number of carbonyl (C=O) groups excluding carboxylic acids is 1. The van der Waals surface area contributed by atoms with Gasteiger partial charge in [0.2, 0.25) is 0 Å². The summed E-state index contributed by atoms with van der Waals surface area (Å²) in [5, 5.41) is 2.98. The Morgan fingerprint density at radius 3 is 2.89 bits per heavy atom. The SMILES string of the molecule is Cc1cccc(C(=O)NC(C)Cc2ccoc2)c1. The van der Waals surface area contributed by atoms with Gasteiger partial charge in [-0.3, -0.25) is 4.79 Å². The molecule has 0 aliphatic carbocycles. The zero-order valence-corrected chi connectivity index (χ0v) is 10.6. The molecule has 18 heavy (non-hydrogen) atoms. The minimum absolute atomic E-state index is 0.0327. The van der Waals surface area contributed by atoms with E-state index in [0.717, 1.165) is 17.5 Å². The maximum Gasteiger partial charge on any atom is 0.251 e. The zero-order valence-electron chi connectivity index (χ0n) is 10.6. The molecule has 3 nitrogen and oxygen atoms in total. The highest BCUT2D eigenvalue weighted by Gasteiger charge is 2.10. The first-order valence-corrected chi connectivity index (χ1v) is 6.04. The van der Waals surface area contributed by atoms with Gasteiger partial charge in [0.15, 0.2) is 0 Å². The second-order valence-electron chi connectivity index (χ2n) is 4.58. The van der Waals surface area contributed by atoms with Crippen molar-refractivity contribution in [2.75, 3.05) is 0 Å². The van der Waals surface area contributed by atoms with Crippen molar-refractivity contribution in [2.45, 2.75) is 26.3 Å². The van der Waals surface area contributed by atoms with Crippen LogP contribution in [0, 0.1) is 6.92 Å². The summed E-state index contributed by atoms with van der Waals surface area (Å²) in [7, 11) is 0. The third kappa shape index (κ3) is 3.23. The van der Waals surface area contributed by atoms with Crippen molar-refractivity contribution >= 4 is 5.91 Å². The lowest BCUT2D eigenvalue weighted by molar-refractivity contribution is 0.0940. The molecule has 1 amide bonds. The predicted molar refractivity (Wildman–Crippen MR) is 70.5 cm³/mol. The highest BCUT2D eigenvalue weighted by atomic mass is 16.3. The van der Waals surface area contributed by atoms with Crippen LogP contribution in [0.3, 0.4) is 0 Å². The van der Waals surface area contributed by atoms with Crippen molar-refractivity contribution in [3.8, 4) is 0 Å². The van der Waals surface area contributed by atoms with Gasteiger partial charge in [-0.1, -0.05) is 17.7 Å². The molecule has 3 heteroatoms. The Bertz CT molecular complexity index is 517. The number of nitrogens with one attached hydrogen (secondary N) is 1. The Hall–Kier alpha value is -2.03. The molecule has 94 valence electrons. The van der Waals surface area contributed by atoms with E-state index in [4.69, 9.17) is 4.42 Å². The van der Waals surface area contributed by atoms with E-state index < -0.39 is 0 Å². The number of rotatable bonds is 4. The highest BCUT2D eigenvalue weighted by molar-refractivity contribution is 5.94. The van der Waals surface area contributed by atoms with E-state index in [1.807, 2.05) is 44.2 Å². The lowest BCUT2D eigenvalue weighted by atomic mass is 10.1. The van der Waals surface area contributed by atoms with Crippen LogP contribution in [-0.4, -0.2) is 11.9 Å². The number of benzene rings is 1. The number of furan rings is 1. The summed E-state index contributed by atoms with van der Waals surface area (Å²) < 4.78 is 5.01. The fraction of sp³-hybridized carbons (Fsp3) is 0.267. The molecule has 1 N–H and O–H groups in total. The first-order chi connectivity index (χ1) is 8.65. The fourth-order valence-electron chi connectivity index (χ4n) is 1.91. The standard InChI is InChI=1S/C15H17NO2/c1-11-4-3-5-14(8-11)15(17)16-12(2)9-13-6-7-18-10-13/h3-8,10,12H,9H2,1-2H3,(H,16,17). The van der Waals surface area contributed by atoms with E-state index in [1.54, 1.807) is 12.5 Å². The van der Waals surface area contributed by atoms with Gasteiger partial charge in [0.1, 0.15) is 0 Å². The Balaban J connectivity index is 1.95. The largest absolute Gasteiger partial charge is 0.472 e. The molecule has 0 aliphatic rings. The van der Waals surface area contributed by atoms with Gasteiger partial charge in [-0.05, 0) is 44.0 Å². The van der Waals surface area contributed by atoms with E-state index >= 15 is 0 Å². The molecule has 1 aromatic heterocycles. The monoisotopic (exact) mass is 243 g/mol. The highest BCUT2D eigenvalue weighted by Crippen LogP contribution is 2.07. The topological polar surface area (TPSA) is 42.2 Å². The fourth-order valence-corrected chi connectivity index (χ4v) is 1.91. The van der Waals surface area contributed by atoms with Crippen molar-refractivity contribution in [1.29, 1.82) is 0 Å². The van der Waals surface area contributed by atoms with Crippen LogP contribution in [0.15, 0.2) is 47.3 Å². The molecule has 1 aromatic carbocycles. The van der Waals surface area contributed by atoms with Gasteiger partial charge in [-0.2, -0.15) is 0 Å². The molecule has 1 atom stereocenters. The van der Waals surface area contributed by atoms with Crippen LogP contribution < -0.4 is 5.32 Å². The Morgan fingerprint density at radius 1 is 1.39 bits per heavy atom. The van der Waals surface area contributed by atoms with Crippen LogP contribution in [0.5, 0.6) is 0 Å². The van der Waals surface area contributed by atoms with E-state index in [2.05, 4.69) is 5.32 Å². The van der Waals surface area contributed by atoms with Gasteiger partial charge in [0, 0.05) is 11.6 Å². The van der Waals surface area contributed by atoms with Gasteiger partial charge in [0.25, 0.3) is 5.91 Å². The summed E-state index contributed by atoms with van der Waals surface area (Å²) >= 11 is 0. The smallest absolute Gasteiger partial charge is 0.251 e. The third-order valence-electron chi connectivity index (χ3n) is 2.78. The second kappa shape index (κ2) is 5.54. The average Bonchev–Trinajstić information content (AvgIpc) is 2.81. The molecule has 1 heterocycles. The first-order valence-electron chi connectivity index (χ1n) is 6.04. The van der Waals surface area contributed by atoms with E-state index in [1.165, 1.54) is 0 Å². The molecule has 0 saturated heterocycles. The molecule has 0 spiro atoms. The van der Waals surface area contributed by atoms with Crippen LogP contribution in [0.4, 0.5) is 0 Å².